The van der Waals surface area contributed by atoms with Gasteiger partial charge in [0.25, 0.3) is 0 Å². The predicted octanol–water partition coefficient (Wildman–Crippen LogP) is 3.81. The lowest BCUT2D eigenvalue weighted by atomic mass is 9.70. The van der Waals surface area contributed by atoms with Gasteiger partial charge in [0.1, 0.15) is 0 Å². The van der Waals surface area contributed by atoms with Crippen molar-refractivity contribution in [2.75, 3.05) is 13.1 Å². The summed E-state index contributed by atoms with van der Waals surface area (Å²) >= 11 is 0. The van der Waals surface area contributed by atoms with Crippen molar-refractivity contribution in [3.8, 4) is 0 Å². The van der Waals surface area contributed by atoms with E-state index in [2.05, 4.69) is 48.3 Å². The lowest BCUT2D eigenvalue weighted by molar-refractivity contribution is 0.221. The summed E-state index contributed by atoms with van der Waals surface area (Å²) in [7, 11) is 0. The lowest BCUT2D eigenvalue weighted by Gasteiger charge is -2.36. The number of nitrogens with zero attached hydrogens (tertiary/aromatic N) is 2. The average molecular weight is 277 g/mol. The highest BCUT2D eigenvalue weighted by atomic mass is 15.3. The van der Waals surface area contributed by atoms with Crippen molar-refractivity contribution < 1.29 is 0 Å². The molecular formula is C17H31N3. The summed E-state index contributed by atoms with van der Waals surface area (Å²) in [5, 5.41) is 8.05. The normalized spacial score (nSPS) is 26.9. The molecule has 0 aromatic carbocycles. The van der Waals surface area contributed by atoms with E-state index in [1.54, 1.807) is 0 Å². The van der Waals surface area contributed by atoms with Crippen molar-refractivity contribution in [2.24, 2.45) is 11.8 Å². The molecule has 0 bridgehead atoms. The molecule has 1 aliphatic rings. The van der Waals surface area contributed by atoms with Gasteiger partial charge in [0.2, 0.25) is 0 Å². The van der Waals surface area contributed by atoms with Crippen LogP contribution in [0.5, 0.6) is 0 Å². The molecule has 1 heterocycles. The van der Waals surface area contributed by atoms with Crippen LogP contribution in [-0.2, 0) is 6.54 Å². The number of hydrogen-bond acceptors (Lipinski definition) is 2. The summed E-state index contributed by atoms with van der Waals surface area (Å²) in [4.78, 5) is 0. The van der Waals surface area contributed by atoms with Crippen LogP contribution in [0.15, 0.2) is 12.4 Å². The Bertz CT molecular complexity index is 385. The van der Waals surface area contributed by atoms with E-state index in [9.17, 15) is 0 Å². The molecular weight excluding hydrogens is 246 g/mol. The van der Waals surface area contributed by atoms with Crippen molar-refractivity contribution in [2.45, 2.75) is 65.3 Å². The number of nitrogens with one attached hydrogen (secondary N) is 1. The Morgan fingerprint density at radius 1 is 1.30 bits per heavy atom. The molecule has 20 heavy (non-hydrogen) atoms. The Kier molecular flexibility index (Phi) is 6.08. The second-order valence-corrected chi connectivity index (χ2v) is 6.27. The van der Waals surface area contributed by atoms with Crippen LogP contribution in [0.4, 0.5) is 0 Å². The van der Waals surface area contributed by atoms with E-state index in [0.29, 0.717) is 5.92 Å². The highest BCUT2D eigenvalue weighted by Crippen LogP contribution is 2.41. The van der Waals surface area contributed by atoms with Gasteiger partial charge in [0.05, 0.1) is 6.20 Å². The van der Waals surface area contributed by atoms with Gasteiger partial charge in [-0.2, -0.15) is 5.10 Å². The molecule has 0 spiro atoms. The Morgan fingerprint density at radius 3 is 2.80 bits per heavy atom. The molecule has 1 aliphatic carbocycles. The van der Waals surface area contributed by atoms with Crippen molar-refractivity contribution in [3.63, 3.8) is 0 Å². The largest absolute Gasteiger partial charge is 0.317 e. The molecule has 1 aromatic heterocycles. The third kappa shape index (κ3) is 3.85. The molecule has 1 saturated carbocycles. The Morgan fingerprint density at radius 2 is 2.15 bits per heavy atom. The highest BCUT2D eigenvalue weighted by molar-refractivity contribution is 5.14. The van der Waals surface area contributed by atoms with Crippen LogP contribution < -0.4 is 5.32 Å². The third-order valence-electron chi connectivity index (χ3n) is 4.86. The number of rotatable bonds is 7. The van der Waals surface area contributed by atoms with Crippen LogP contribution in [0.2, 0.25) is 0 Å². The Balaban J connectivity index is 2.07. The molecule has 0 aliphatic heterocycles. The molecule has 114 valence electrons. The number of aryl methyl sites for hydroxylation is 1. The van der Waals surface area contributed by atoms with Gasteiger partial charge in [0.15, 0.2) is 0 Å². The maximum absolute atomic E-state index is 4.49. The van der Waals surface area contributed by atoms with Crippen molar-refractivity contribution in [1.82, 2.24) is 15.1 Å². The minimum atomic E-state index is 0.708. The van der Waals surface area contributed by atoms with E-state index >= 15 is 0 Å². The fourth-order valence-corrected chi connectivity index (χ4v) is 3.72. The van der Waals surface area contributed by atoms with Gasteiger partial charge in [-0.05, 0) is 56.2 Å². The van der Waals surface area contributed by atoms with E-state index in [1.807, 2.05) is 0 Å². The van der Waals surface area contributed by atoms with Gasteiger partial charge >= 0.3 is 0 Å². The van der Waals surface area contributed by atoms with E-state index < -0.39 is 0 Å². The van der Waals surface area contributed by atoms with E-state index in [4.69, 9.17) is 0 Å². The van der Waals surface area contributed by atoms with Gasteiger partial charge < -0.3 is 5.32 Å². The summed E-state index contributed by atoms with van der Waals surface area (Å²) in [5.74, 6) is 2.42. The first-order valence-corrected chi connectivity index (χ1v) is 8.51. The molecule has 1 N–H and O–H groups in total. The van der Waals surface area contributed by atoms with Crippen molar-refractivity contribution >= 4 is 0 Å². The first-order valence-electron chi connectivity index (χ1n) is 8.51. The fourth-order valence-electron chi connectivity index (χ4n) is 3.72. The van der Waals surface area contributed by atoms with Crippen LogP contribution in [0.25, 0.3) is 0 Å². The fraction of sp³-hybridized carbons (Fsp3) is 0.824. The van der Waals surface area contributed by atoms with Gasteiger partial charge in [-0.1, -0.05) is 33.1 Å². The summed E-state index contributed by atoms with van der Waals surface area (Å²) in [6.07, 6.45) is 11.3. The first kappa shape index (κ1) is 15.6. The third-order valence-corrected chi connectivity index (χ3v) is 4.86. The zero-order valence-electron chi connectivity index (χ0n) is 13.4. The molecule has 1 aromatic rings. The van der Waals surface area contributed by atoms with E-state index in [1.165, 1.54) is 37.7 Å². The van der Waals surface area contributed by atoms with Crippen LogP contribution in [0, 0.1) is 11.8 Å². The van der Waals surface area contributed by atoms with Crippen LogP contribution >= 0.6 is 0 Å². The molecule has 3 unspecified atom stereocenters. The van der Waals surface area contributed by atoms with Crippen LogP contribution in [-0.4, -0.2) is 22.9 Å². The molecule has 3 heteroatoms. The number of aromatic nitrogens is 2. The standard InChI is InChI=1S/C17H31N3/c1-4-7-14-8-9-15(11-18-5-2)17(10-14)16-12-19-20(6-3)13-16/h12-15,17-18H,4-11H2,1-3H3. The second-order valence-electron chi connectivity index (χ2n) is 6.27. The summed E-state index contributed by atoms with van der Waals surface area (Å²) in [6, 6.07) is 0. The Hall–Kier alpha value is -0.830. The van der Waals surface area contributed by atoms with Crippen LogP contribution in [0.3, 0.4) is 0 Å². The van der Waals surface area contributed by atoms with Gasteiger partial charge in [-0.15, -0.1) is 0 Å². The molecule has 0 saturated heterocycles. The smallest absolute Gasteiger partial charge is 0.0524 e. The minimum absolute atomic E-state index is 0.708. The van der Waals surface area contributed by atoms with E-state index in [-0.39, 0.29) is 0 Å². The summed E-state index contributed by atoms with van der Waals surface area (Å²) in [5.41, 5.74) is 1.47. The van der Waals surface area contributed by atoms with Gasteiger partial charge in [0, 0.05) is 12.7 Å². The van der Waals surface area contributed by atoms with E-state index in [0.717, 1.165) is 31.5 Å². The van der Waals surface area contributed by atoms with Gasteiger partial charge in [-0.25, -0.2) is 0 Å². The molecule has 0 radical (unpaired) electrons. The maximum Gasteiger partial charge on any atom is 0.0524 e. The summed E-state index contributed by atoms with van der Waals surface area (Å²) in [6.45, 7) is 9.89. The quantitative estimate of drug-likeness (QED) is 0.821. The predicted molar refractivity (Wildman–Crippen MR) is 84.9 cm³/mol. The molecule has 3 atom stereocenters. The molecule has 0 amide bonds. The highest BCUT2D eigenvalue weighted by Gasteiger charge is 2.31. The molecule has 3 nitrogen and oxygen atoms in total. The minimum Gasteiger partial charge on any atom is -0.317 e. The SMILES string of the molecule is CCCC1CCC(CNCC)C(c2cnn(CC)c2)C1. The second kappa shape index (κ2) is 7.82. The first-order chi connectivity index (χ1) is 9.78. The average Bonchev–Trinajstić information content (AvgIpc) is 2.95. The lowest BCUT2D eigenvalue weighted by Crippen LogP contribution is -2.32. The zero-order chi connectivity index (χ0) is 14.4. The monoisotopic (exact) mass is 277 g/mol. The van der Waals surface area contributed by atoms with Crippen molar-refractivity contribution in [3.05, 3.63) is 18.0 Å². The summed E-state index contributed by atoms with van der Waals surface area (Å²) < 4.78 is 2.07. The zero-order valence-corrected chi connectivity index (χ0v) is 13.4. The molecule has 1 fully saturated rings. The van der Waals surface area contributed by atoms with Crippen molar-refractivity contribution in [1.29, 1.82) is 0 Å². The maximum atomic E-state index is 4.49. The molecule has 2 rings (SSSR count). The van der Waals surface area contributed by atoms with Gasteiger partial charge in [-0.3, -0.25) is 4.68 Å². The van der Waals surface area contributed by atoms with Crippen LogP contribution in [0.1, 0.15) is 64.4 Å². The number of hydrogen-bond donors (Lipinski definition) is 1. The topological polar surface area (TPSA) is 29.9 Å². The Labute approximate surface area is 124 Å².